The van der Waals surface area contributed by atoms with Crippen molar-refractivity contribution in [3.8, 4) is 0 Å². The van der Waals surface area contributed by atoms with Gasteiger partial charge in [-0.25, -0.2) is 0 Å². The van der Waals surface area contributed by atoms with Gasteiger partial charge >= 0.3 is 147 Å². The van der Waals surface area contributed by atoms with Gasteiger partial charge in [0.15, 0.2) is 0 Å². The Kier molecular flexibility index (Phi) is 3.97. The molecule has 0 fully saturated rings. The molecule has 0 aliphatic rings. The average Bonchev–Trinajstić information content (AvgIpc) is 3.11. The number of nitrogens with zero attached hydrogens (tertiary/aromatic N) is 1. The van der Waals surface area contributed by atoms with E-state index < -0.39 is 0 Å². The number of hydrogen-bond acceptors (Lipinski definition) is 1. The molecule has 0 unspecified atom stereocenters. The Hall–Kier alpha value is -1.99. The number of hydrogen-bond donors (Lipinski definition) is 0. The minimum atomic E-state index is 0.344. The van der Waals surface area contributed by atoms with Gasteiger partial charge in [-0.05, 0) is 0 Å². The third kappa shape index (κ3) is 2.82. The standard InChI is InChI=1S/C20H14ClNSe/c21-16-10-12-17(13-11-16)22(20-9-4-14-23-20)19-8-3-6-15-5-1-2-7-18(15)19/h1-14H. The zero-order valence-corrected chi connectivity index (χ0v) is 14.8. The van der Waals surface area contributed by atoms with E-state index in [1.165, 1.54) is 21.0 Å². The molecule has 4 aromatic rings. The molecule has 0 saturated heterocycles. The van der Waals surface area contributed by atoms with Gasteiger partial charge in [-0.15, -0.1) is 0 Å². The molecular weight excluding hydrogens is 369 g/mol. The quantitative estimate of drug-likeness (QED) is 0.392. The minimum absolute atomic E-state index is 0.344. The topological polar surface area (TPSA) is 3.24 Å². The van der Waals surface area contributed by atoms with Crippen LogP contribution < -0.4 is 4.90 Å². The molecule has 3 aromatic carbocycles. The molecule has 0 spiro atoms. The van der Waals surface area contributed by atoms with Crippen LogP contribution in [0.15, 0.2) is 83.8 Å². The van der Waals surface area contributed by atoms with E-state index in [1.807, 2.05) is 12.1 Å². The summed E-state index contributed by atoms with van der Waals surface area (Å²) in [5, 5.41) is 3.27. The summed E-state index contributed by atoms with van der Waals surface area (Å²) in [5.41, 5.74) is 2.35. The molecule has 1 nitrogen and oxygen atoms in total. The predicted octanol–water partition coefficient (Wildman–Crippen LogP) is 6.02. The van der Waals surface area contributed by atoms with Crippen LogP contribution in [0.2, 0.25) is 5.02 Å². The predicted molar refractivity (Wildman–Crippen MR) is 101 cm³/mol. The third-order valence-corrected chi connectivity index (χ3v) is 5.86. The second-order valence-electron chi connectivity index (χ2n) is 5.26. The van der Waals surface area contributed by atoms with Crippen LogP contribution in [0.3, 0.4) is 0 Å². The summed E-state index contributed by atoms with van der Waals surface area (Å²) in [6.45, 7) is 0. The summed E-state index contributed by atoms with van der Waals surface area (Å²) >= 11 is 6.42. The molecule has 0 radical (unpaired) electrons. The van der Waals surface area contributed by atoms with Crippen molar-refractivity contribution < 1.29 is 0 Å². The normalized spacial score (nSPS) is 10.8. The van der Waals surface area contributed by atoms with Gasteiger partial charge in [-0.2, -0.15) is 0 Å². The molecule has 0 N–H and O–H groups in total. The summed E-state index contributed by atoms with van der Waals surface area (Å²) < 4.78 is 1.33. The molecular formula is C20H14ClNSe. The van der Waals surface area contributed by atoms with E-state index in [0.717, 1.165) is 10.7 Å². The zero-order chi connectivity index (χ0) is 15.6. The van der Waals surface area contributed by atoms with E-state index in [2.05, 4.69) is 76.6 Å². The summed E-state index contributed by atoms with van der Waals surface area (Å²) in [4.78, 5) is 4.59. The van der Waals surface area contributed by atoms with Crippen molar-refractivity contribution in [3.05, 3.63) is 88.8 Å². The molecule has 0 bridgehead atoms. The molecule has 23 heavy (non-hydrogen) atoms. The first kappa shape index (κ1) is 14.6. The van der Waals surface area contributed by atoms with Crippen molar-refractivity contribution >= 4 is 52.8 Å². The molecule has 1 heterocycles. The van der Waals surface area contributed by atoms with Gasteiger partial charge in [-0.3, -0.25) is 0 Å². The van der Waals surface area contributed by atoms with Crippen molar-refractivity contribution in [2.45, 2.75) is 0 Å². The number of fused-ring (bicyclic) bond motifs is 1. The van der Waals surface area contributed by atoms with Crippen LogP contribution in [-0.4, -0.2) is 14.5 Å². The molecule has 4 rings (SSSR count). The number of halogens is 1. The summed E-state index contributed by atoms with van der Waals surface area (Å²) in [6, 6.07) is 27.4. The van der Waals surface area contributed by atoms with E-state index >= 15 is 0 Å². The summed E-state index contributed by atoms with van der Waals surface area (Å²) in [7, 11) is 0. The van der Waals surface area contributed by atoms with Gasteiger partial charge in [0.1, 0.15) is 0 Å². The van der Waals surface area contributed by atoms with Gasteiger partial charge in [0.05, 0.1) is 0 Å². The van der Waals surface area contributed by atoms with Gasteiger partial charge < -0.3 is 0 Å². The van der Waals surface area contributed by atoms with Crippen LogP contribution in [0.1, 0.15) is 0 Å². The number of benzene rings is 3. The molecule has 0 saturated carbocycles. The Labute approximate surface area is 146 Å². The van der Waals surface area contributed by atoms with Crippen LogP contribution in [0.5, 0.6) is 0 Å². The molecule has 0 amide bonds. The Morgan fingerprint density at radius 3 is 2.30 bits per heavy atom. The molecule has 0 atom stereocenters. The fraction of sp³-hybridized carbons (Fsp3) is 0. The van der Waals surface area contributed by atoms with E-state index in [4.69, 9.17) is 11.6 Å². The van der Waals surface area contributed by atoms with E-state index in [1.54, 1.807) is 0 Å². The van der Waals surface area contributed by atoms with Crippen molar-refractivity contribution in [1.82, 2.24) is 0 Å². The number of anilines is 3. The second kappa shape index (κ2) is 6.25. The van der Waals surface area contributed by atoms with Crippen molar-refractivity contribution in [2.75, 3.05) is 4.90 Å². The SMILES string of the molecule is Clc1ccc(N(c2ccc[se]2)c2cccc3ccccc23)cc1. The third-order valence-electron chi connectivity index (χ3n) is 3.82. The first-order valence-electron chi connectivity index (χ1n) is 7.40. The average molecular weight is 383 g/mol. The molecule has 112 valence electrons. The fourth-order valence-electron chi connectivity index (χ4n) is 2.78. The van der Waals surface area contributed by atoms with E-state index in [-0.39, 0.29) is 0 Å². The van der Waals surface area contributed by atoms with Gasteiger partial charge in [0.2, 0.25) is 0 Å². The van der Waals surface area contributed by atoms with Crippen LogP contribution in [0.25, 0.3) is 10.8 Å². The van der Waals surface area contributed by atoms with Gasteiger partial charge in [-0.1, -0.05) is 0 Å². The Morgan fingerprint density at radius 1 is 0.739 bits per heavy atom. The maximum atomic E-state index is 6.08. The van der Waals surface area contributed by atoms with Gasteiger partial charge in [0.25, 0.3) is 0 Å². The zero-order valence-electron chi connectivity index (χ0n) is 12.3. The summed E-state index contributed by atoms with van der Waals surface area (Å²) in [6.07, 6.45) is 0. The van der Waals surface area contributed by atoms with Gasteiger partial charge in [0, 0.05) is 0 Å². The second-order valence-corrected chi connectivity index (χ2v) is 7.64. The Balaban J connectivity index is 1.96. The first-order chi connectivity index (χ1) is 11.3. The first-order valence-corrected chi connectivity index (χ1v) is 9.62. The van der Waals surface area contributed by atoms with E-state index in [9.17, 15) is 0 Å². The molecule has 1 aromatic heterocycles. The van der Waals surface area contributed by atoms with Crippen LogP contribution >= 0.6 is 11.6 Å². The molecule has 0 aliphatic heterocycles. The van der Waals surface area contributed by atoms with Crippen molar-refractivity contribution in [1.29, 1.82) is 0 Å². The van der Waals surface area contributed by atoms with Crippen molar-refractivity contribution in [2.24, 2.45) is 0 Å². The van der Waals surface area contributed by atoms with Crippen LogP contribution in [0, 0.1) is 0 Å². The Morgan fingerprint density at radius 2 is 1.52 bits per heavy atom. The van der Waals surface area contributed by atoms with Crippen molar-refractivity contribution in [3.63, 3.8) is 0 Å². The monoisotopic (exact) mass is 383 g/mol. The van der Waals surface area contributed by atoms with E-state index in [0.29, 0.717) is 14.5 Å². The molecule has 0 aliphatic carbocycles. The number of rotatable bonds is 3. The maximum absolute atomic E-state index is 6.08. The fourth-order valence-corrected chi connectivity index (χ4v) is 4.50. The Bertz CT molecular complexity index is 924. The summed E-state index contributed by atoms with van der Waals surface area (Å²) in [5.74, 6) is 0. The molecule has 3 heteroatoms. The van der Waals surface area contributed by atoms with Crippen LogP contribution in [0.4, 0.5) is 15.9 Å². The van der Waals surface area contributed by atoms with Crippen LogP contribution in [-0.2, 0) is 0 Å².